The third-order valence-electron chi connectivity index (χ3n) is 18.1. The molecule has 0 aromatic heterocycles. The fraction of sp³-hybridized carbons (Fsp3) is 0.571. The second kappa shape index (κ2) is 19.2. The van der Waals surface area contributed by atoms with Crippen molar-refractivity contribution < 1.29 is 18.9 Å². The van der Waals surface area contributed by atoms with Crippen LogP contribution in [-0.4, -0.2) is 73.7 Å². The van der Waals surface area contributed by atoms with Gasteiger partial charge >= 0.3 is 0 Å². The largest absolute Gasteiger partial charge is 0.486 e. The van der Waals surface area contributed by atoms with Gasteiger partial charge in [0.15, 0.2) is 12.2 Å². The van der Waals surface area contributed by atoms with Crippen molar-refractivity contribution in [3.63, 3.8) is 0 Å². The molecule has 68 heavy (non-hydrogen) atoms. The zero-order chi connectivity index (χ0) is 45.0. The van der Waals surface area contributed by atoms with Crippen molar-refractivity contribution in [1.82, 2.24) is 42.5 Å². The molecular formula is C56H72N8O4. The molecule has 13 rings (SSSR count). The number of rotatable bonds is 8. The van der Waals surface area contributed by atoms with Crippen LogP contribution in [0.4, 0.5) is 0 Å². The van der Waals surface area contributed by atoms with Crippen LogP contribution < -0.4 is 61.5 Å². The molecule has 0 spiro atoms. The minimum Gasteiger partial charge on any atom is -0.486 e. The number of hydrogen-bond acceptors (Lipinski definition) is 12. The van der Waals surface area contributed by atoms with E-state index in [1.807, 2.05) is 60.7 Å². The maximum Gasteiger partial charge on any atom is 0.176 e. The predicted octanol–water partition coefficient (Wildman–Crippen LogP) is 6.84. The molecule has 12 nitrogen and oxygen atoms in total. The van der Waals surface area contributed by atoms with E-state index in [1.165, 1.54) is 77.0 Å². The highest BCUT2D eigenvalue weighted by Gasteiger charge is 2.65. The van der Waals surface area contributed by atoms with Crippen molar-refractivity contribution in [2.45, 2.75) is 151 Å². The molecular weight excluding hydrogens is 849 g/mol. The van der Waals surface area contributed by atoms with E-state index < -0.39 is 24.4 Å². The number of ether oxygens (including phenoxy) is 4. The first-order valence-corrected chi connectivity index (χ1v) is 26.6. The Morgan fingerprint density at radius 3 is 0.706 bits per heavy atom. The number of fused-ring (bicyclic) bond motifs is 20. The third kappa shape index (κ3) is 8.40. The molecule has 9 fully saturated rings. The van der Waals surface area contributed by atoms with Gasteiger partial charge in [-0.3, -0.25) is 42.5 Å². The van der Waals surface area contributed by atoms with E-state index >= 15 is 0 Å². The molecule has 5 saturated heterocycles. The van der Waals surface area contributed by atoms with E-state index in [0.29, 0.717) is 35.5 Å². The first-order valence-electron chi connectivity index (χ1n) is 26.6. The minimum absolute atomic E-state index is 0.0921. The molecule has 5 heterocycles. The Hall–Kier alpha value is -4.24. The molecule has 4 aromatic carbocycles. The van der Waals surface area contributed by atoms with E-state index in [9.17, 15) is 0 Å². The fourth-order valence-corrected chi connectivity index (χ4v) is 15.2. The van der Waals surface area contributed by atoms with Crippen LogP contribution in [0.1, 0.15) is 77.0 Å². The number of benzene rings is 4. The Morgan fingerprint density at radius 1 is 0.250 bits per heavy atom. The smallest absolute Gasteiger partial charge is 0.176 e. The molecule has 4 aromatic rings. The highest BCUT2D eigenvalue weighted by Crippen LogP contribution is 2.48. The molecule has 0 radical (unpaired) electrons. The first kappa shape index (κ1) is 43.8. The van der Waals surface area contributed by atoms with Gasteiger partial charge in [0.05, 0.1) is 49.3 Å². The van der Waals surface area contributed by atoms with Gasteiger partial charge in [0.1, 0.15) is 35.2 Å². The molecule has 4 saturated carbocycles. The van der Waals surface area contributed by atoms with Crippen molar-refractivity contribution >= 4 is 0 Å². The van der Waals surface area contributed by atoms with E-state index in [2.05, 4.69) is 103 Å². The summed E-state index contributed by atoms with van der Waals surface area (Å²) in [6, 6.07) is 41.1. The maximum atomic E-state index is 7.48. The van der Waals surface area contributed by atoms with Gasteiger partial charge in [-0.25, -0.2) is 0 Å². The molecule has 20 unspecified atom stereocenters. The highest BCUT2D eigenvalue weighted by atomic mass is 16.6. The summed E-state index contributed by atoms with van der Waals surface area (Å²) < 4.78 is 29.6. The lowest BCUT2D eigenvalue weighted by molar-refractivity contribution is -0.150. The monoisotopic (exact) mass is 921 g/mol. The van der Waals surface area contributed by atoms with Crippen LogP contribution in [0.15, 0.2) is 121 Å². The van der Waals surface area contributed by atoms with Gasteiger partial charge < -0.3 is 18.9 Å². The molecule has 20 atom stereocenters. The first-order chi connectivity index (χ1) is 33.7. The van der Waals surface area contributed by atoms with Crippen LogP contribution in [0, 0.1) is 47.3 Å². The normalized spacial score (nSPS) is 42.7. The van der Waals surface area contributed by atoms with Crippen molar-refractivity contribution in [2.24, 2.45) is 47.3 Å². The van der Waals surface area contributed by atoms with Gasteiger partial charge in [-0.1, -0.05) is 111 Å². The lowest BCUT2D eigenvalue weighted by Crippen LogP contribution is -2.69. The van der Waals surface area contributed by atoms with Gasteiger partial charge in [0, 0.05) is 11.8 Å². The molecule has 360 valence electrons. The zero-order valence-corrected chi connectivity index (χ0v) is 39.2. The van der Waals surface area contributed by atoms with Gasteiger partial charge in [-0.2, -0.15) is 0 Å². The Morgan fingerprint density at radius 2 is 0.456 bits per heavy atom. The lowest BCUT2D eigenvalue weighted by Gasteiger charge is -2.50. The quantitative estimate of drug-likeness (QED) is 0.0943. The molecule has 4 aliphatic carbocycles. The second-order valence-corrected chi connectivity index (χ2v) is 21.7. The summed E-state index contributed by atoms with van der Waals surface area (Å²) in [5.41, 5.74) is 0. The van der Waals surface area contributed by atoms with Crippen LogP contribution in [0.5, 0.6) is 23.0 Å². The topological polar surface area (TPSA) is 133 Å². The summed E-state index contributed by atoms with van der Waals surface area (Å²) in [4.78, 5) is 0. The summed E-state index contributed by atoms with van der Waals surface area (Å²) in [5, 5.41) is 34.5. The zero-order valence-electron chi connectivity index (χ0n) is 39.2. The van der Waals surface area contributed by atoms with Crippen LogP contribution >= 0.6 is 0 Å². The van der Waals surface area contributed by atoms with E-state index in [-0.39, 0.29) is 61.2 Å². The van der Waals surface area contributed by atoms with Gasteiger partial charge in [-0.05, 0) is 123 Å². The van der Waals surface area contributed by atoms with E-state index in [4.69, 9.17) is 18.9 Å². The molecule has 9 aliphatic rings. The van der Waals surface area contributed by atoms with Gasteiger partial charge in [0.2, 0.25) is 0 Å². The standard InChI is InChI=1S/C56H72N8O4/c1-5-19-33(20-6-1)65-45-43-44(46(66-34-21-7-2-8-22-34)48(68-36-25-11-4-12-26-36)47(45)67-35-23-9-3-10-24-35)56-63-54-42-32-18-16-30-40(42)52(61-54)59-50-38-28-14-13-27-37(38)49(57-50)58-51-39-29-15-17-31-41(39)53(60-51)62-55(43)64-56/h1-12,19-26,37-64H,13-18,27-32H2. The molecule has 0 amide bonds. The number of nitrogens with one attached hydrogen (secondary N) is 8. The predicted molar refractivity (Wildman–Crippen MR) is 262 cm³/mol. The van der Waals surface area contributed by atoms with Crippen LogP contribution in [0.25, 0.3) is 0 Å². The van der Waals surface area contributed by atoms with Gasteiger partial charge in [0.25, 0.3) is 0 Å². The minimum atomic E-state index is -0.578. The van der Waals surface area contributed by atoms with E-state index in [0.717, 1.165) is 23.0 Å². The fourth-order valence-electron chi connectivity index (χ4n) is 15.2. The van der Waals surface area contributed by atoms with Crippen molar-refractivity contribution in [2.75, 3.05) is 0 Å². The number of hydrogen-bond donors (Lipinski definition) is 8. The SMILES string of the molecule is c1ccc(OC2C(Oc3ccccc3)C(Oc3ccccc3)C3C4NC5NC(NC6NC(NC7NC(NC(N4)C3C2Oc2ccccc2)C2CCCCC72)C2CCCCC62)C2CCCCC52)cc1. The summed E-state index contributed by atoms with van der Waals surface area (Å²) in [5.74, 6) is 6.19. The Bertz CT molecular complexity index is 2110. The van der Waals surface area contributed by atoms with Crippen LogP contribution in [0.3, 0.4) is 0 Å². The lowest BCUT2D eigenvalue weighted by atomic mass is 9.71. The second-order valence-electron chi connectivity index (χ2n) is 21.7. The summed E-state index contributed by atoms with van der Waals surface area (Å²) in [7, 11) is 0. The van der Waals surface area contributed by atoms with Crippen LogP contribution in [-0.2, 0) is 0 Å². The average molecular weight is 921 g/mol. The molecule has 8 N–H and O–H groups in total. The summed E-state index contributed by atoms with van der Waals surface area (Å²) in [6.07, 6.45) is 13.9. The maximum absolute atomic E-state index is 7.48. The van der Waals surface area contributed by atoms with Crippen molar-refractivity contribution in [3.05, 3.63) is 121 Å². The Balaban J connectivity index is 0.954. The summed E-state index contributed by atoms with van der Waals surface area (Å²) >= 11 is 0. The average Bonchev–Trinajstić information content (AvgIpc) is 4.13. The highest BCUT2D eigenvalue weighted by molar-refractivity contribution is 5.30. The number of para-hydroxylation sites is 4. The van der Waals surface area contributed by atoms with Crippen LogP contribution in [0.2, 0.25) is 0 Å². The van der Waals surface area contributed by atoms with Gasteiger partial charge in [-0.15, -0.1) is 0 Å². The molecule has 8 bridgehead atoms. The molecule has 12 heteroatoms. The third-order valence-corrected chi connectivity index (χ3v) is 18.1. The Labute approximate surface area is 402 Å². The summed E-state index contributed by atoms with van der Waals surface area (Å²) in [6.45, 7) is 0. The van der Waals surface area contributed by atoms with Crippen molar-refractivity contribution in [1.29, 1.82) is 0 Å². The van der Waals surface area contributed by atoms with E-state index in [1.54, 1.807) is 0 Å². The molecule has 5 aliphatic heterocycles. The van der Waals surface area contributed by atoms with Crippen molar-refractivity contribution in [3.8, 4) is 23.0 Å². The Kier molecular flexibility index (Phi) is 12.3.